The zero-order chi connectivity index (χ0) is 22.3. The maximum atomic E-state index is 10.5. The number of anilines is 1. The third-order valence-electron chi connectivity index (χ3n) is 5.09. The lowest BCUT2D eigenvalue weighted by Gasteiger charge is -2.03. The van der Waals surface area contributed by atoms with Gasteiger partial charge in [-0.2, -0.15) is 0 Å². The minimum atomic E-state index is -0.653. The molecule has 0 aliphatic carbocycles. The third-order valence-corrected chi connectivity index (χ3v) is 5.09. The van der Waals surface area contributed by atoms with Crippen LogP contribution in [0.25, 0.3) is 0 Å². The van der Waals surface area contributed by atoms with Gasteiger partial charge in [-0.3, -0.25) is 9.59 Å². The molecule has 0 heterocycles. The van der Waals surface area contributed by atoms with Gasteiger partial charge < -0.3 is 10.4 Å². The number of aliphatic carboxylic acids is 1. The Kier molecular flexibility index (Phi) is 20.5. The fourth-order valence-electron chi connectivity index (χ4n) is 3.37. The number of carbonyl (C=O) groups is 2. The molecule has 1 amide bonds. The number of carboxylic acids is 1. The van der Waals surface area contributed by atoms with Crippen LogP contribution in [0.4, 0.5) is 5.69 Å². The molecule has 2 N–H and O–H groups in total. The first-order chi connectivity index (χ1) is 14.6. The average molecular weight is 420 g/mol. The molecular formula is C26H45NO3. The van der Waals surface area contributed by atoms with Gasteiger partial charge in [0.2, 0.25) is 5.91 Å². The Hall–Kier alpha value is -1.84. The van der Waals surface area contributed by atoms with E-state index in [-0.39, 0.29) is 5.91 Å². The van der Waals surface area contributed by atoms with E-state index in [9.17, 15) is 9.59 Å². The van der Waals surface area contributed by atoms with Crippen LogP contribution < -0.4 is 5.32 Å². The first kappa shape index (κ1) is 28.2. The van der Waals surface area contributed by atoms with Crippen molar-refractivity contribution in [2.75, 3.05) is 5.32 Å². The van der Waals surface area contributed by atoms with Crippen molar-refractivity contribution in [1.82, 2.24) is 0 Å². The molecule has 1 aromatic carbocycles. The average Bonchev–Trinajstić information content (AvgIpc) is 2.71. The quantitative estimate of drug-likeness (QED) is 0.251. The van der Waals surface area contributed by atoms with E-state index < -0.39 is 5.97 Å². The minimum Gasteiger partial charge on any atom is -0.481 e. The number of amides is 1. The van der Waals surface area contributed by atoms with Gasteiger partial charge in [0.05, 0.1) is 0 Å². The molecule has 0 aliphatic rings. The Balaban J connectivity index is 0.000000696. The summed E-state index contributed by atoms with van der Waals surface area (Å²) in [6.45, 7) is 3.76. The van der Waals surface area contributed by atoms with Gasteiger partial charge in [-0.1, -0.05) is 115 Å². The van der Waals surface area contributed by atoms with Crippen molar-refractivity contribution in [3.05, 3.63) is 30.3 Å². The molecule has 30 heavy (non-hydrogen) atoms. The van der Waals surface area contributed by atoms with Crippen LogP contribution in [-0.4, -0.2) is 17.0 Å². The van der Waals surface area contributed by atoms with Crippen LogP contribution in [0.5, 0.6) is 0 Å². The molecule has 0 fully saturated rings. The Morgan fingerprint density at radius 2 is 1.10 bits per heavy atom. The van der Waals surface area contributed by atoms with E-state index in [0.29, 0.717) is 6.42 Å². The smallest absolute Gasteiger partial charge is 0.303 e. The van der Waals surface area contributed by atoms with Gasteiger partial charge in [-0.15, -0.1) is 0 Å². The highest BCUT2D eigenvalue weighted by atomic mass is 16.4. The molecule has 0 unspecified atom stereocenters. The van der Waals surface area contributed by atoms with Crippen LogP contribution in [0.15, 0.2) is 30.3 Å². The van der Waals surface area contributed by atoms with Gasteiger partial charge in [0.15, 0.2) is 0 Å². The second-order valence-electron chi connectivity index (χ2n) is 8.14. The number of hydrogen-bond acceptors (Lipinski definition) is 2. The van der Waals surface area contributed by atoms with Crippen LogP contribution in [0.2, 0.25) is 0 Å². The van der Waals surface area contributed by atoms with E-state index in [0.717, 1.165) is 18.5 Å². The molecule has 0 saturated heterocycles. The molecule has 1 aromatic rings. The van der Waals surface area contributed by atoms with Gasteiger partial charge in [-0.25, -0.2) is 0 Å². The Morgan fingerprint density at radius 3 is 1.47 bits per heavy atom. The Bertz CT molecular complexity index is 516. The van der Waals surface area contributed by atoms with Crippen LogP contribution >= 0.6 is 0 Å². The van der Waals surface area contributed by atoms with E-state index in [1.807, 2.05) is 30.3 Å². The van der Waals surface area contributed by atoms with Crippen LogP contribution in [-0.2, 0) is 9.59 Å². The van der Waals surface area contributed by atoms with E-state index in [1.165, 1.54) is 90.4 Å². The molecule has 0 atom stereocenters. The largest absolute Gasteiger partial charge is 0.481 e. The summed E-state index contributed by atoms with van der Waals surface area (Å²) in [4.78, 5) is 20.8. The summed E-state index contributed by atoms with van der Waals surface area (Å²) in [5, 5.41) is 11.2. The zero-order valence-corrected chi connectivity index (χ0v) is 19.5. The SMILES string of the molecule is CC(=O)Nc1ccccc1.CCCCCCCCCCCCCCCCCC(=O)O. The van der Waals surface area contributed by atoms with E-state index >= 15 is 0 Å². The number of benzene rings is 1. The highest BCUT2D eigenvalue weighted by Crippen LogP contribution is 2.13. The van der Waals surface area contributed by atoms with Gasteiger partial charge in [-0.05, 0) is 18.6 Å². The first-order valence-corrected chi connectivity index (χ1v) is 12.1. The highest BCUT2D eigenvalue weighted by Gasteiger charge is 1.97. The maximum absolute atomic E-state index is 10.5. The number of para-hydroxylation sites is 1. The summed E-state index contributed by atoms with van der Waals surface area (Å²) in [7, 11) is 0. The van der Waals surface area contributed by atoms with E-state index in [2.05, 4.69) is 12.2 Å². The van der Waals surface area contributed by atoms with E-state index in [1.54, 1.807) is 0 Å². The van der Waals surface area contributed by atoms with Gasteiger partial charge in [0.25, 0.3) is 0 Å². The number of carboxylic acid groups (broad SMARTS) is 1. The second-order valence-corrected chi connectivity index (χ2v) is 8.14. The van der Waals surface area contributed by atoms with Crippen molar-refractivity contribution in [2.45, 2.75) is 117 Å². The summed E-state index contributed by atoms with van der Waals surface area (Å²) in [5.41, 5.74) is 0.843. The zero-order valence-electron chi connectivity index (χ0n) is 19.5. The molecule has 0 spiro atoms. The summed E-state index contributed by atoms with van der Waals surface area (Å²) in [5.74, 6) is -0.689. The Labute approximate surface area is 184 Å². The molecule has 0 saturated carbocycles. The van der Waals surface area contributed by atoms with Gasteiger partial charge in [0, 0.05) is 19.0 Å². The molecule has 172 valence electrons. The summed E-state index contributed by atoms with van der Waals surface area (Å²) in [6, 6.07) is 9.37. The maximum Gasteiger partial charge on any atom is 0.303 e. The molecule has 0 aliphatic heterocycles. The molecule has 0 radical (unpaired) electrons. The van der Waals surface area contributed by atoms with Gasteiger partial charge in [0.1, 0.15) is 0 Å². The van der Waals surface area contributed by atoms with Crippen molar-refractivity contribution in [3.8, 4) is 0 Å². The van der Waals surface area contributed by atoms with Crippen LogP contribution in [0.1, 0.15) is 117 Å². The number of nitrogens with one attached hydrogen (secondary N) is 1. The number of carbonyl (C=O) groups excluding carboxylic acids is 1. The number of hydrogen-bond donors (Lipinski definition) is 2. The third kappa shape index (κ3) is 22.4. The molecule has 0 aromatic heterocycles. The monoisotopic (exact) mass is 419 g/mol. The number of rotatable bonds is 17. The predicted octanol–water partition coefficient (Wildman–Crippen LogP) is 7.98. The predicted molar refractivity (Wildman–Crippen MR) is 128 cm³/mol. The molecule has 4 nitrogen and oxygen atoms in total. The van der Waals surface area contributed by atoms with Crippen molar-refractivity contribution in [1.29, 1.82) is 0 Å². The topological polar surface area (TPSA) is 66.4 Å². The van der Waals surface area contributed by atoms with E-state index in [4.69, 9.17) is 5.11 Å². The minimum absolute atomic E-state index is 0.0359. The van der Waals surface area contributed by atoms with Crippen LogP contribution in [0, 0.1) is 0 Å². The first-order valence-electron chi connectivity index (χ1n) is 12.1. The Morgan fingerprint density at radius 1 is 0.700 bits per heavy atom. The summed E-state index contributed by atoms with van der Waals surface area (Å²) < 4.78 is 0. The number of unbranched alkanes of at least 4 members (excludes halogenated alkanes) is 14. The lowest BCUT2D eigenvalue weighted by molar-refractivity contribution is -0.137. The fourth-order valence-corrected chi connectivity index (χ4v) is 3.37. The van der Waals surface area contributed by atoms with Crippen molar-refractivity contribution in [3.63, 3.8) is 0 Å². The fraction of sp³-hybridized carbons (Fsp3) is 0.692. The standard InChI is InChI=1S/C18H36O2.C8H9NO/c1-2-3-4-5-6-7-8-9-10-11-12-13-14-15-16-17-18(19)20;1-7(10)9-8-5-3-2-4-6-8/h2-17H2,1H3,(H,19,20);2-6H,1H3,(H,9,10). The summed E-state index contributed by atoms with van der Waals surface area (Å²) >= 11 is 0. The lowest BCUT2D eigenvalue weighted by atomic mass is 10.0. The van der Waals surface area contributed by atoms with Crippen LogP contribution in [0.3, 0.4) is 0 Å². The molecule has 1 rings (SSSR count). The van der Waals surface area contributed by atoms with Crippen molar-refractivity contribution < 1.29 is 14.7 Å². The second kappa shape index (κ2) is 21.9. The van der Waals surface area contributed by atoms with Gasteiger partial charge >= 0.3 is 5.97 Å². The molecule has 4 heteroatoms. The molecular weight excluding hydrogens is 374 g/mol. The highest BCUT2D eigenvalue weighted by molar-refractivity contribution is 5.88. The lowest BCUT2D eigenvalue weighted by Crippen LogP contribution is -2.04. The van der Waals surface area contributed by atoms with Crippen molar-refractivity contribution in [2.24, 2.45) is 0 Å². The normalized spacial score (nSPS) is 10.2. The summed E-state index contributed by atoms with van der Waals surface area (Å²) in [6.07, 6.45) is 20.2. The van der Waals surface area contributed by atoms with Crippen molar-refractivity contribution >= 4 is 17.6 Å². The molecule has 0 bridgehead atoms.